The summed E-state index contributed by atoms with van der Waals surface area (Å²) in [5.74, 6) is 1.77. The Morgan fingerprint density at radius 2 is 1.62 bits per heavy atom. The van der Waals surface area contributed by atoms with Crippen molar-refractivity contribution >= 4 is 5.91 Å². The maximum absolute atomic E-state index is 11.4. The lowest BCUT2D eigenvalue weighted by Gasteiger charge is -2.29. The van der Waals surface area contributed by atoms with Crippen molar-refractivity contribution in [1.29, 1.82) is 0 Å². The Balaban J connectivity index is 1.36. The molecule has 0 heterocycles. The second-order valence-electron chi connectivity index (χ2n) is 9.78. The first kappa shape index (κ1) is 26.7. The van der Waals surface area contributed by atoms with Crippen molar-refractivity contribution in [2.75, 3.05) is 13.7 Å². The van der Waals surface area contributed by atoms with E-state index in [9.17, 15) is 4.79 Å². The topological polar surface area (TPSA) is 56.8 Å². The first-order valence-electron chi connectivity index (χ1n) is 13.4. The van der Waals surface area contributed by atoms with Gasteiger partial charge in [-0.25, -0.2) is 0 Å². The van der Waals surface area contributed by atoms with Crippen LogP contribution in [-0.4, -0.2) is 31.8 Å². The lowest BCUT2D eigenvalue weighted by atomic mass is 9.94. The summed E-state index contributed by atoms with van der Waals surface area (Å²) < 4.78 is 17.9. The summed E-state index contributed by atoms with van der Waals surface area (Å²) >= 11 is 0. The van der Waals surface area contributed by atoms with Crippen molar-refractivity contribution in [3.8, 4) is 22.6 Å². The molecular formula is C32H39NO4. The van der Waals surface area contributed by atoms with Crippen LogP contribution in [0.15, 0.2) is 66.7 Å². The molecule has 1 aliphatic carbocycles. The third-order valence-electron chi connectivity index (χ3n) is 7.06. The number of benzene rings is 3. The summed E-state index contributed by atoms with van der Waals surface area (Å²) in [4.78, 5) is 11.4. The van der Waals surface area contributed by atoms with Crippen molar-refractivity contribution in [2.24, 2.45) is 0 Å². The fourth-order valence-corrected chi connectivity index (χ4v) is 4.89. The summed E-state index contributed by atoms with van der Waals surface area (Å²) in [6.07, 6.45) is 6.21. The quantitative estimate of drug-likeness (QED) is 0.325. The average molecular weight is 502 g/mol. The molecule has 5 heteroatoms. The first-order chi connectivity index (χ1) is 18.0. The highest BCUT2D eigenvalue weighted by atomic mass is 16.5. The number of amides is 1. The number of aryl methyl sites for hydroxylation is 1. The van der Waals surface area contributed by atoms with Gasteiger partial charge in [0, 0.05) is 13.5 Å². The van der Waals surface area contributed by atoms with Crippen LogP contribution < -0.4 is 14.8 Å². The third-order valence-corrected chi connectivity index (χ3v) is 7.06. The lowest BCUT2D eigenvalue weighted by Crippen LogP contribution is -2.28. The minimum absolute atomic E-state index is 0.00179. The molecule has 5 nitrogen and oxygen atoms in total. The number of nitrogens with one attached hydrogen (secondary N) is 1. The molecule has 37 heavy (non-hydrogen) atoms. The Kier molecular flexibility index (Phi) is 9.61. The van der Waals surface area contributed by atoms with Crippen molar-refractivity contribution in [1.82, 2.24) is 5.32 Å². The molecule has 1 saturated carbocycles. The largest absolute Gasteiger partial charge is 0.497 e. The van der Waals surface area contributed by atoms with Gasteiger partial charge in [-0.2, -0.15) is 0 Å². The van der Waals surface area contributed by atoms with Crippen molar-refractivity contribution in [3.63, 3.8) is 0 Å². The molecule has 0 unspecified atom stereocenters. The Bertz CT molecular complexity index is 1150. The molecular weight excluding hydrogens is 462 g/mol. The molecule has 1 N–H and O–H groups in total. The fraction of sp³-hybridized carbons (Fsp3) is 0.406. The van der Waals surface area contributed by atoms with E-state index in [2.05, 4.69) is 66.8 Å². The monoisotopic (exact) mass is 501 g/mol. The van der Waals surface area contributed by atoms with Crippen LogP contribution in [0.3, 0.4) is 0 Å². The van der Waals surface area contributed by atoms with Crippen LogP contribution in [-0.2, 0) is 29.0 Å². The highest BCUT2D eigenvalue weighted by Crippen LogP contribution is 2.32. The number of carbonyl (C=O) groups is 1. The number of hydrogen-bond donors (Lipinski definition) is 1. The maximum Gasteiger partial charge on any atom is 0.216 e. The predicted octanol–water partition coefficient (Wildman–Crippen LogP) is 6.51. The summed E-state index contributed by atoms with van der Waals surface area (Å²) in [7, 11) is 1.68. The Labute approximate surface area is 221 Å². The van der Waals surface area contributed by atoms with Gasteiger partial charge in [0.05, 0.1) is 25.9 Å². The molecule has 3 aromatic rings. The van der Waals surface area contributed by atoms with Gasteiger partial charge in [0.25, 0.3) is 0 Å². The highest BCUT2D eigenvalue weighted by Gasteiger charge is 2.23. The SMILES string of the molecule is CCc1cccc(-c2cc(OC3CCC(OCc4ccc(OC)cc4)CC3)ccc2CCNC(C)=O)c1. The second-order valence-corrected chi connectivity index (χ2v) is 9.78. The van der Waals surface area contributed by atoms with E-state index in [1.807, 2.05) is 12.1 Å². The van der Waals surface area contributed by atoms with Crippen LogP contribution in [0.4, 0.5) is 0 Å². The number of carbonyl (C=O) groups excluding carboxylic acids is 1. The lowest BCUT2D eigenvalue weighted by molar-refractivity contribution is -0.118. The Morgan fingerprint density at radius 1 is 0.892 bits per heavy atom. The molecule has 3 aromatic carbocycles. The highest BCUT2D eigenvalue weighted by molar-refractivity contribution is 5.73. The molecule has 0 aliphatic heterocycles. The Morgan fingerprint density at radius 3 is 2.32 bits per heavy atom. The van der Waals surface area contributed by atoms with Crippen LogP contribution >= 0.6 is 0 Å². The van der Waals surface area contributed by atoms with Gasteiger partial charge in [0.1, 0.15) is 11.5 Å². The molecule has 1 amide bonds. The van der Waals surface area contributed by atoms with Crippen LogP contribution in [0.5, 0.6) is 11.5 Å². The Hall–Kier alpha value is -3.31. The van der Waals surface area contributed by atoms with Crippen molar-refractivity contribution in [2.45, 2.75) is 71.2 Å². The average Bonchev–Trinajstić information content (AvgIpc) is 2.93. The van der Waals surface area contributed by atoms with E-state index >= 15 is 0 Å². The first-order valence-corrected chi connectivity index (χ1v) is 13.4. The van der Waals surface area contributed by atoms with E-state index in [0.717, 1.165) is 55.6 Å². The number of ether oxygens (including phenoxy) is 3. The van der Waals surface area contributed by atoms with Gasteiger partial charge >= 0.3 is 0 Å². The van der Waals surface area contributed by atoms with E-state index in [4.69, 9.17) is 14.2 Å². The third kappa shape index (κ3) is 7.83. The molecule has 0 bridgehead atoms. The summed E-state index contributed by atoms with van der Waals surface area (Å²) in [6.45, 7) is 4.98. The minimum atomic E-state index is -0.00179. The zero-order chi connectivity index (χ0) is 26.0. The van der Waals surface area contributed by atoms with Gasteiger partial charge < -0.3 is 19.5 Å². The summed E-state index contributed by atoms with van der Waals surface area (Å²) in [5.41, 5.74) is 6.06. The van der Waals surface area contributed by atoms with E-state index in [1.165, 1.54) is 22.3 Å². The van der Waals surface area contributed by atoms with Crippen LogP contribution in [0.25, 0.3) is 11.1 Å². The van der Waals surface area contributed by atoms with Gasteiger partial charge in [-0.15, -0.1) is 0 Å². The molecule has 0 atom stereocenters. The minimum Gasteiger partial charge on any atom is -0.497 e. The van der Waals surface area contributed by atoms with Crippen LogP contribution in [0.2, 0.25) is 0 Å². The number of methoxy groups -OCH3 is 1. The van der Waals surface area contributed by atoms with Crippen LogP contribution in [0, 0.1) is 0 Å². The number of rotatable bonds is 11. The van der Waals surface area contributed by atoms with Crippen molar-refractivity contribution in [3.05, 3.63) is 83.4 Å². The van der Waals surface area contributed by atoms with Gasteiger partial charge in [-0.3, -0.25) is 4.79 Å². The summed E-state index contributed by atoms with van der Waals surface area (Å²) in [5, 5.41) is 2.92. The second kappa shape index (κ2) is 13.3. The van der Waals surface area contributed by atoms with E-state index < -0.39 is 0 Å². The van der Waals surface area contributed by atoms with Crippen molar-refractivity contribution < 1.29 is 19.0 Å². The molecule has 0 spiro atoms. The summed E-state index contributed by atoms with van der Waals surface area (Å²) in [6, 6.07) is 23.1. The van der Waals surface area contributed by atoms with Gasteiger partial charge in [-0.1, -0.05) is 49.4 Å². The fourth-order valence-electron chi connectivity index (χ4n) is 4.89. The van der Waals surface area contributed by atoms with E-state index in [0.29, 0.717) is 13.2 Å². The van der Waals surface area contributed by atoms with E-state index in [-0.39, 0.29) is 18.1 Å². The standard InChI is InChI=1S/C32H39NO4/c1-4-24-6-5-7-27(20-24)32-21-31(13-10-26(32)18-19-33-23(2)34)37-30-16-14-29(15-17-30)36-22-25-8-11-28(35-3)12-9-25/h5-13,20-21,29-30H,4,14-19,22H2,1-3H3,(H,33,34). The zero-order valence-corrected chi connectivity index (χ0v) is 22.3. The van der Waals surface area contributed by atoms with Crippen LogP contribution in [0.1, 0.15) is 56.2 Å². The molecule has 1 fully saturated rings. The molecule has 0 saturated heterocycles. The van der Waals surface area contributed by atoms with Gasteiger partial charge in [0.2, 0.25) is 5.91 Å². The predicted molar refractivity (Wildman–Crippen MR) is 148 cm³/mol. The van der Waals surface area contributed by atoms with E-state index in [1.54, 1.807) is 14.0 Å². The van der Waals surface area contributed by atoms with Gasteiger partial charge in [-0.05, 0) is 90.6 Å². The molecule has 0 aromatic heterocycles. The smallest absolute Gasteiger partial charge is 0.216 e. The maximum atomic E-state index is 11.4. The normalized spacial score (nSPS) is 17.3. The molecule has 196 valence electrons. The molecule has 4 rings (SSSR count). The van der Waals surface area contributed by atoms with Gasteiger partial charge in [0.15, 0.2) is 0 Å². The molecule has 0 radical (unpaired) electrons. The number of hydrogen-bond acceptors (Lipinski definition) is 4. The zero-order valence-electron chi connectivity index (χ0n) is 22.3. The molecule has 1 aliphatic rings.